The van der Waals surface area contributed by atoms with E-state index < -0.39 is 119 Å². The van der Waals surface area contributed by atoms with E-state index in [0.717, 1.165) is 25.7 Å². The van der Waals surface area contributed by atoms with Gasteiger partial charge in [-0.1, -0.05) is 121 Å². The van der Waals surface area contributed by atoms with E-state index in [2.05, 4.69) is 34.8 Å². The number of aryl methyl sites for hydroxylation is 2. The van der Waals surface area contributed by atoms with Crippen LogP contribution in [0.4, 0.5) is 13.2 Å². The first kappa shape index (κ1) is 123. The molecule has 20 unspecified atom stereocenters. The zero-order chi connectivity index (χ0) is 90.4. The highest BCUT2D eigenvalue weighted by Crippen LogP contribution is 2.39. The lowest BCUT2D eigenvalue weighted by molar-refractivity contribution is -0.261. The molecule has 6 rings (SSSR count). The van der Waals surface area contributed by atoms with Gasteiger partial charge in [0.15, 0.2) is 0 Å². The number of rotatable bonds is 33. The number of nitriles is 2. The normalized spacial score (nSPS) is 26.1. The Morgan fingerprint density at radius 2 is 0.800 bits per heavy atom. The van der Waals surface area contributed by atoms with Crippen LogP contribution in [-0.4, -0.2) is 222 Å². The van der Waals surface area contributed by atoms with Gasteiger partial charge in [-0.2, -0.15) is 57.4 Å². The number of azide groups is 1. The summed E-state index contributed by atoms with van der Waals surface area (Å²) in [6, 6.07) is 3.50. The summed E-state index contributed by atoms with van der Waals surface area (Å²) in [7, 11) is -16.5. The van der Waals surface area contributed by atoms with Gasteiger partial charge in [-0.15, -0.1) is 33.4 Å². The minimum atomic E-state index is -5.34. The zero-order valence-electron chi connectivity index (χ0n) is 70.4. The van der Waals surface area contributed by atoms with Crippen molar-refractivity contribution in [3.63, 3.8) is 0 Å². The van der Waals surface area contributed by atoms with Crippen molar-refractivity contribution >= 4 is 87.6 Å². The second-order valence-corrected chi connectivity index (χ2v) is 34.6. The summed E-state index contributed by atoms with van der Waals surface area (Å²) in [5, 5.41) is 43.9. The number of aliphatic hydroxyl groups excluding tert-OH is 1. The molecule has 0 saturated carbocycles. The van der Waals surface area contributed by atoms with Crippen molar-refractivity contribution < 1.29 is 135 Å². The van der Waals surface area contributed by atoms with Gasteiger partial charge in [0.2, 0.25) is 25.2 Å². The molecule has 0 aromatic carbocycles. The Kier molecular flexibility index (Phi) is 64.6. The third kappa shape index (κ3) is 46.8. The molecule has 38 nitrogen and oxygen atoms in total. The van der Waals surface area contributed by atoms with E-state index in [0.29, 0.717) is 70.9 Å². The Hall–Kier alpha value is -5.82. The fraction of sp³-hybridized carbons (Fsp3) is 0.863. The third-order valence-corrected chi connectivity index (χ3v) is 23.4. The number of alkyl halides is 5. The molecule has 6 heterocycles. The summed E-state index contributed by atoms with van der Waals surface area (Å²) in [6.07, 6.45) is -0.515. The van der Waals surface area contributed by atoms with Gasteiger partial charge in [-0.05, 0) is 112 Å². The van der Waals surface area contributed by atoms with Crippen LogP contribution in [0.25, 0.3) is 10.4 Å². The molecule has 1 N–H and O–H groups in total. The quantitative estimate of drug-likeness (QED) is 0.00798. The summed E-state index contributed by atoms with van der Waals surface area (Å²) in [5.41, 5.74) is 4.27. The minimum absolute atomic E-state index is 0. The smallest absolute Gasteiger partial charge is 0.433 e. The zero-order valence-corrected chi connectivity index (χ0v) is 75.2. The molecular weight excluding hydrogens is 1720 g/mol. The molecule has 0 bridgehead atoms. The summed E-state index contributed by atoms with van der Waals surface area (Å²) in [5.74, 6) is -2.76. The predicted molar refractivity (Wildman–Crippen MR) is 438 cm³/mol. The Morgan fingerprint density at radius 1 is 0.533 bits per heavy atom. The first-order valence-electron chi connectivity index (χ1n) is 37.8. The van der Waals surface area contributed by atoms with Crippen molar-refractivity contribution in [2.75, 3.05) is 49.5 Å². The van der Waals surface area contributed by atoms with Crippen LogP contribution in [0.15, 0.2) is 17.5 Å². The van der Waals surface area contributed by atoms with Crippen molar-refractivity contribution in [3.05, 3.63) is 34.2 Å². The second-order valence-electron chi connectivity index (χ2n) is 26.9. The van der Waals surface area contributed by atoms with E-state index >= 15 is 0 Å². The van der Waals surface area contributed by atoms with E-state index in [1.165, 1.54) is 41.5 Å². The van der Waals surface area contributed by atoms with Crippen LogP contribution in [0.2, 0.25) is 0 Å². The third-order valence-electron chi connectivity index (χ3n) is 18.4. The highest BCUT2D eigenvalue weighted by atomic mass is 35.5. The molecule has 0 spiro atoms. The number of hydrogen-bond acceptors (Lipinski definition) is 34. The molecule has 20 atom stereocenters. The largest absolute Gasteiger partial charge is 0.523 e. The molecule has 2 aromatic heterocycles. The fourth-order valence-electron chi connectivity index (χ4n) is 11.7. The topological polar surface area (TPSA) is 512 Å². The molecule has 47 heteroatoms. The molecule has 0 radical (unpaired) electrons. The number of carbonyl (C=O) groups excluding carboxylic acids is 4. The van der Waals surface area contributed by atoms with Crippen molar-refractivity contribution in [1.82, 2.24) is 30.0 Å². The fourth-order valence-corrected chi connectivity index (χ4v) is 15.4. The Bertz CT molecular complexity index is 3660. The van der Waals surface area contributed by atoms with Crippen molar-refractivity contribution in [1.29, 1.82) is 10.5 Å². The van der Waals surface area contributed by atoms with Gasteiger partial charge in [-0.3, -0.25) is 45.3 Å². The number of hydrogen-bond donors (Lipinski definition) is 1. The van der Waals surface area contributed by atoms with Crippen LogP contribution >= 0.6 is 23.2 Å². The van der Waals surface area contributed by atoms with Crippen LogP contribution in [0.5, 0.6) is 0 Å². The standard InChI is InChI=1S/2C19H33N3O7S.C14H25N3O6S.C11H20O4.C2H3F3O3S.2C2H3N.CH2Cl2.3CH4/c2*1-6-17-13(3)14(4)18(19(28-17)27-15(5)23)29-30(24,25)10-8-9-22-11-16(20-21-22)12-26-7-2;1-5-12-9(2)10(3)13(14(22-12)21-11(4)18)23-24(19,20)8-6-7-16-17-15;1-5-9-6(2)7(3)10(13)11(15-9)14-8(4)12;1-8-9(6,7)2(3,4)5;2*1-2-3;2-1-3;;;/h2*11,13-14,17-19H,6-10,12H2,1-5H3;9-10,12-14H,5-8H2,1-4H3;6-7,9-11,13H,5H2,1-4H3;1H3;2*1H3;1H2;3*1H4. The van der Waals surface area contributed by atoms with Crippen LogP contribution < -0.4 is 0 Å². The minimum Gasteiger partial charge on any atom is -0.433 e. The maximum atomic E-state index is 12.6. The highest BCUT2D eigenvalue weighted by Gasteiger charge is 2.50. The van der Waals surface area contributed by atoms with E-state index in [9.17, 15) is 71.1 Å². The first-order chi connectivity index (χ1) is 54.6. The summed E-state index contributed by atoms with van der Waals surface area (Å²) in [6.45, 7) is 37.9. The lowest BCUT2D eigenvalue weighted by Crippen LogP contribution is -2.52. The van der Waals surface area contributed by atoms with E-state index in [-0.39, 0.29) is 130 Å². The molecule has 702 valence electrons. The number of aliphatic hydroxyl groups is 1. The van der Waals surface area contributed by atoms with E-state index in [1.54, 1.807) is 33.9 Å². The monoisotopic (exact) mass is 1850 g/mol. The van der Waals surface area contributed by atoms with Crippen LogP contribution in [0, 0.1) is 70.0 Å². The highest BCUT2D eigenvalue weighted by molar-refractivity contribution is 7.87. The van der Waals surface area contributed by atoms with Gasteiger partial charge in [0.05, 0.1) is 91.9 Å². The number of halogens is 5. The lowest BCUT2D eigenvalue weighted by atomic mass is 9.82. The predicted octanol–water partition coefficient (Wildman–Crippen LogP) is 12.3. The maximum absolute atomic E-state index is 12.6. The molecule has 2 aromatic rings. The van der Waals surface area contributed by atoms with E-state index in [1.807, 2.05) is 96.9 Å². The average molecular weight is 1850 g/mol. The number of carbonyl (C=O) groups is 4. The Labute approximate surface area is 719 Å². The van der Waals surface area contributed by atoms with Gasteiger partial charge >= 0.3 is 39.5 Å². The molecular formula is C73H134Cl2F3N11O27S4. The Balaban J connectivity index is -0.000000462. The number of aromatic nitrogens is 6. The van der Waals surface area contributed by atoms with Crippen molar-refractivity contribution in [2.24, 2.45) is 52.5 Å². The average Bonchev–Trinajstić information content (AvgIpc) is 1.37. The summed E-state index contributed by atoms with van der Waals surface area (Å²) < 4.78 is 204. The molecule has 4 aliphatic rings. The first-order valence-corrected chi connectivity index (χ1v) is 45.0. The SMILES string of the molecule is C.C.C.CC#N.CC#N.CCC1OC(OC(C)=O)C(O)C(C)C1C.CCC1OC(OC(C)=O)C(OS(=O)(=O)CCCN=[N+]=[N-])C(C)C1C.CCOCc1cn(CCCS(=O)(=O)OC2C(OC(C)=O)OC(CC)C(C)C2C)nn1.CCOCc1cn(CCCS(=O)(=O)OC2C(OC(C)=O)OC(CC)C(C)C2C)nn1.COS(=O)(=O)C(F)(F)F.ClCCl. The molecule has 0 aliphatic carbocycles. The maximum Gasteiger partial charge on any atom is 0.523 e. The Morgan fingerprint density at radius 3 is 1.04 bits per heavy atom. The second kappa shape index (κ2) is 63.2. The molecule has 4 fully saturated rings. The van der Waals surface area contributed by atoms with Gasteiger partial charge < -0.3 is 52.5 Å². The molecule has 120 heavy (non-hydrogen) atoms. The van der Waals surface area contributed by atoms with Gasteiger partial charge in [0, 0.05) is 79.3 Å². The van der Waals surface area contributed by atoms with Crippen molar-refractivity contribution in [3.8, 4) is 12.1 Å². The molecule has 4 aliphatic heterocycles. The summed E-state index contributed by atoms with van der Waals surface area (Å²) >= 11 is 9.53. The molecule has 0 amide bonds. The number of ether oxygens (including phenoxy) is 10. The van der Waals surface area contributed by atoms with Crippen molar-refractivity contribution in [2.45, 2.75) is 312 Å². The van der Waals surface area contributed by atoms with Crippen LogP contribution in [0.3, 0.4) is 0 Å². The van der Waals surface area contributed by atoms with Crippen LogP contribution in [0.1, 0.15) is 217 Å². The van der Waals surface area contributed by atoms with Gasteiger partial charge in [-0.25, -0.2) is 0 Å². The summed E-state index contributed by atoms with van der Waals surface area (Å²) in [4.78, 5) is 47.6. The van der Waals surface area contributed by atoms with Crippen LogP contribution in [-0.2, 0) is 150 Å². The van der Waals surface area contributed by atoms with Gasteiger partial charge in [0.25, 0.3) is 30.4 Å². The van der Waals surface area contributed by atoms with E-state index in [4.69, 9.17) is 99.2 Å². The lowest BCUT2D eigenvalue weighted by Gasteiger charge is -2.43. The number of esters is 4. The van der Waals surface area contributed by atoms with Gasteiger partial charge in [0.1, 0.15) is 35.8 Å². The molecule has 4 saturated heterocycles. The number of nitrogens with zero attached hydrogens (tertiary/aromatic N) is 11.